The fourth-order valence-corrected chi connectivity index (χ4v) is 3.80. The number of carbonyl (C=O) groups is 1. The molecule has 0 amide bonds. The molecular formula is C26H31FN4O2. The van der Waals surface area contributed by atoms with Crippen molar-refractivity contribution < 1.29 is 13.9 Å². The number of halogens is 1. The van der Waals surface area contributed by atoms with Crippen molar-refractivity contribution in [2.45, 2.75) is 32.1 Å². The number of rotatable bonds is 6. The lowest BCUT2D eigenvalue weighted by molar-refractivity contribution is -0.107. The number of anilines is 2. The topological polar surface area (TPSA) is 67.3 Å². The van der Waals surface area contributed by atoms with Gasteiger partial charge in [-0.15, -0.1) is 0 Å². The van der Waals surface area contributed by atoms with Crippen molar-refractivity contribution in [2.24, 2.45) is 0 Å². The molecule has 0 aliphatic carbocycles. The molecule has 1 N–H and O–H groups in total. The molecule has 6 nitrogen and oxygen atoms in total. The number of piperidine rings is 1. The number of hydrogen-bond acceptors (Lipinski definition) is 6. The highest BCUT2D eigenvalue weighted by Crippen LogP contribution is 2.32. The van der Waals surface area contributed by atoms with E-state index in [1.165, 1.54) is 12.1 Å². The molecule has 3 aromatic rings. The lowest BCUT2D eigenvalue weighted by Gasteiger charge is -2.29. The number of likely N-dealkylation sites (N-methyl/N-ethyl adjacent to an activating group) is 1. The molecule has 1 aliphatic rings. The zero-order valence-electron chi connectivity index (χ0n) is 19.4. The monoisotopic (exact) mass is 450 g/mol. The second-order valence-corrected chi connectivity index (χ2v) is 8.01. The van der Waals surface area contributed by atoms with Crippen molar-refractivity contribution in [3.8, 4) is 17.0 Å². The van der Waals surface area contributed by atoms with Gasteiger partial charge in [0.1, 0.15) is 29.5 Å². The largest absolute Gasteiger partial charge is 0.496 e. The first kappa shape index (κ1) is 24.3. The number of likely N-dealkylation sites (tertiary alicyclic amines) is 1. The summed E-state index contributed by atoms with van der Waals surface area (Å²) in [5, 5.41) is 3.24. The van der Waals surface area contributed by atoms with Crippen molar-refractivity contribution in [3.63, 3.8) is 0 Å². The standard InChI is InChI=1S/C23H25FN4O.C3H6O/c1-28-12-6-7-16(15-28)23-26-20(19-10-3-4-11-21(19)29-2)14-22(27-23)25-18-9-5-8-17(24)13-18;1-2-3-4/h3-5,8-11,13-14,16H,6-7,12,15H2,1-2H3,(H,25,26,27);3H,2H2,1H3. The van der Waals surface area contributed by atoms with Crippen LogP contribution in [0.15, 0.2) is 54.6 Å². The molecule has 0 saturated carbocycles. The van der Waals surface area contributed by atoms with Gasteiger partial charge in [0.25, 0.3) is 0 Å². The SMILES string of the molecule is CCC=O.COc1ccccc1-c1cc(Nc2cccc(F)c2)nc(C2CCCN(C)C2)n1. The first-order valence-corrected chi connectivity index (χ1v) is 11.2. The molecule has 33 heavy (non-hydrogen) atoms. The number of ether oxygens (including phenoxy) is 1. The van der Waals surface area contributed by atoms with Crippen molar-refractivity contribution >= 4 is 17.8 Å². The van der Waals surface area contributed by atoms with E-state index >= 15 is 0 Å². The number of methoxy groups -OCH3 is 1. The van der Waals surface area contributed by atoms with Gasteiger partial charge in [-0.05, 0) is 56.8 Å². The van der Waals surface area contributed by atoms with Crippen LogP contribution in [-0.2, 0) is 4.79 Å². The van der Waals surface area contributed by atoms with Crippen LogP contribution in [0.3, 0.4) is 0 Å². The number of carbonyl (C=O) groups excluding carboxylic acids is 1. The van der Waals surface area contributed by atoms with Gasteiger partial charge >= 0.3 is 0 Å². The second-order valence-electron chi connectivity index (χ2n) is 8.01. The Bertz CT molecular complexity index is 1060. The van der Waals surface area contributed by atoms with Crippen LogP contribution in [-0.4, -0.2) is 48.4 Å². The maximum Gasteiger partial charge on any atom is 0.135 e. The highest BCUT2D eigenvalue weighted by molar-refractivity contribution is 5.70. The van der Waals surface area contributed by atoms with Crippen LogP contribution in [0.1, 0.15) is 37.9 Å². The molecule has 1 saturated heterocycles. The summed E-state index contributed by atoms with van der Waals surface area (Å²) in [5.41, 5.74) is 2.35. The Morgan fingerprint density at radius 1 is 1.18 bits per heavy atom. The van der Waals surface area contributed by atoms with Crippen molar-refractivity contribution in [2.75, 3.05) is 32.6 Å². The molecule has 174 valence electrons. The van der Waals surface area contributed by atoms with Crippen LogP contribution in [0.4, 0.5) is 15.9 Å². The summed E-state index contributed by atoms with van der Waals surface area (Å²) in [4.78, 5) is 21.2. The third-order valence-corrected chi connectivity index (χ3v) is 5.38. The van der Waals surface area contributed by atoms with E-state index in [9.17, 15) is 9.18 Å². The lowest BCUT2D eigenvalue weighted by atomic mass is 9.97. The Hall–Kier alpha value is -3.32. The molecule has 4 rings (SSSR count). The molecule has 1 atom stereocenters. The van der Waals surface area contributed by atoms with E-state index in [2.05, 4.69) is 17.3 Å². The van der Waals surface area contributed by atoms with Crippen LogP contribution in [0.2, 0.25) is 0 Å². The number of nitrogens with zero attached hydrogens (tertiary/aromatic N) is 3. The first-order valence-electron chi connectivity index (χ1n) is 11.2. The molecule has 0 spiro atoms. The normalized spacial score (nSPS) is 15.8. The van der Waals surface area contributed by atoms with Gasteiger partial charge in [-0.1, -0.05) is 25.1 Å². The van der Waals surface area contributed by atoms with E-state index in [1.54, 1.807) is 13.2 Å². The van der Waals surface area contributed by atoms with Crippen LogP contribution >= 0.6 is 0 Å². The van der Waals surface area contributed by atoms with E-state index < -0.39 is 0 Å². The molecule has 2 heterocycles. The maximum absolute atomic E-state index is 13.6. The third-order valence-electron chi connectivity index (χ3n) is 5.38. The molecule has 1 aliphatic heterocycles. The Labute approximate surface area is 194 Å². The number of benzene rings is 2. The van der Waals surface area contributed by atoms with Gasteiger partial charge in [0, 0.05) is 36.2 Å². The predicted octanol–water partition coefficient (Wildman–Crippen LogP) is 5.44. The summed E-state index contributed by atoms with van der Waals surface area (Å²) in [6.07, 6.45) is 3.69. The molecular weight excluding hydrogens is 419 g/mol. The van der Waals surface area contributed by atoms with Crippen molar-refractivity contribution in [1.29, 1.82) is 0 Å². The zero-order chi connectivity index (χ0) is 23.6. The Morgan fingerprint density at radius 2 is 1.97 bits per heavy atom. The van der Waals surface area contributed by atoms with Crippen molar-refractivity contribution in [3.05, 3.63) is 66.2 Å². The van der Waals surface area contributed by atoms with Crippen LogP contribution in [0, 0.1) is 5.82 Å². The molecule has 1 aromatic heterocycles. The molecule has 1 fully saturated rings. The van der Waals surface area contributed by atoms with Gasteiger partial charge in [0.05, 0.1) is 12.8 Å². The lowest BCUT2D eigenvalue weighted by Crippen LogP contribution is -2.31. The highest BCUT2D eigenvalue weighted by Gasteiger charge is 2.23. The van der Waals surface area contributed by atoms with Gasteiger partial charge in [0.15, 0.2) is 0 Å². The smallest absolute Gasteiger partial charge is 0.135 e. The summed E-state index contributed by atoms with van der Waals surface area (Å²) < 4.78 is 19.2. The first-order chi connectivity index (χ1) is 16.0. The minimum absolute atomic E-state index is 0.261. The summed E-state index contributed by atoms with van der Waals surface area (Å²) in [7, 11) is 3.78. The molecule has 0 bridgehead atoms. The number of hydrogen-bond donors (Lipinski definition) is 1. The fraction of sp³-hybridized carbons (Fsp3) is 0.346. The average Bonchev–Trinajstić information content (AvgIpc) is 2.84. The van der Waals surface area contributed by atoms with Gasteiger partial charge in [-0.25, -0.2) is 14.4 Å². The van der Waals surface area contributed by atoms with E-state index in [0.29, 0.717) is 17.9 Å². The quantitative estimate of drug-likeness (QED) is 0.505. The highest BCUT2D eigenvalue weighted by atomic mass is 19.1. The minimum atomic E-state index is -0.289. The summed E-state index contributed by atoms with van der Waals surface area (Å²) in [6.45, 7) is 3.83. The van der Waals surface area contributed by atoms with Gasteiger partial charge in [-0.2, -0.15) is 0 Å². The van der Waals surface area contributed by atoms with E-state index in [-0.39, 0.29) is 11.7 Å². The van der Waals surface area contributed by atoms with Crippen LogP contribution in [0.25, 0.3) is 11.3 Å². The van der Waals surface area contributed by atoms with Gasteiger partial charge < -0.3 is 19.7 Å². The average molecular weight is 451 g/mol. The predicted molar refractivity (Wildman–Crippen MR) is 130 cm³/mol. The number of nitrogens with one attached hydrogen (secondary N) is 1. The number of aldehydes is 1. The molecule has 7 heteroatoms. The number of aromatic nitrogens is 2. The Kier molecular flexibility index (Phi) is 8.89. The van der Waals surface area contributed by atoms with Gasteiger partial charge in [-0.3, -0.25) is 0 Å². The summed E-state index contributed by atoms with van der Waals surface area (Å²) in [5.74, 6) is 2.18. The Balaban J connectivity index is 0.000000709. The zero-order valence-corrected chi connectivity index (χ0v) is 19.4. The molecule has 0 radical (unpaired) electrons. The molecule has 2 aromatic carbocycles. The maximum atomic E-state index is 13.6. The second kappa shape index (κ2) is 12.1. The van der Waals surface area contributed by atoms with Gasteiger partial charge in [0.2, 0.25) is 0 Å². The third kappa shape index (κ3) is 6.83. The number of para-hydroxylation sites is 1. The van der Waals surface area contributed by atoms with Crippen molar-refractivity contribution in [1.82, 2.24) is 14.9 Å². The van der Waals surface area contributed by atoms with Crippen LogP contribution in [0.5, 0.6) is 5.75 Å². The van der Waals surface area contributed by atoms with Crippen LogP contribution < -0.4 is 10.1 Å². The molecule has 1 unspecified atom stereocenters. The minimum Gasteiger partial charge on any atom is -0.496 e. The fourth-order valence-electron chi connectivity index (χ4n) is 3.80. The summed E-state index contributed by atoms with van der Waals surface area (Å²) in [6, 6.07) is 16.1. The summed E-state index contributed by atoms with van der Waals surface area (Å²) >= 11 is 0. The van der Waals surface area contributed by atoms with E-state index in [4.69, 9.17) is 14.7 Å². The van der Waals surface area contributed by atoms with E-state index in [0.717, 1.165) is 55.0 Å². The van der Waals surface area contributed by atoms with E-state index in [1.807, 2.05) is 43.3 Å². The Morgan fingerprint density at radius 3 is 2.67 bits per heavy atom.